The van der Waals surface area contributed by atoms with Gasteiger partial charge < -0.3 is 4.74 Å². The second-order valence-electron chi connectivity index (χ2n) is 4.80. The zero-order valence-electron chi connectivity index (χ0n) is 10.5. The van der Waals surface area contributed by atoms with Gasteiger partial charge in [-0.25, -0.2) is 4.98 Å². The van der Waals surface area contributed by atoms with E-state index in [4.69, 9.17) is 4.74 Å². The van der Waals surface area contributed by atoms with Crippen LogP contribution in [0.1, 0.15) is 32.3 Å². The van der Waals surface area contributed by atoms with Crippen molar-refractivity contribution in [3.8, 4) is 5.88 Å². The van der Waals surface area contributed by atoms with Crippen molar-refractivity contribution in [2.75, 3.05) is 7.11 Å². The highest BCUT2D eigenvalue weighted by molar-refractivity contribution is 5.85. The van der Waals surface area contributed by atoms with E-state index < -0.39 is 0 Å². The smallest absolute Gasteiger partial charge is 0.216 e. The minimum atomic E-state index is -0.341. The summed E-state index contributed by atoms with van der Waals surface area (Å²) in [5.41, 5.74) is 0.371. The molecule has 0 unspecified atom stereocenters. The first-order chi connectivity index (χ1) is 7.32. The monoisotopic (exact) mass is 222 g/mol. The van der Waals surface area contributed by atoms with Crippen molar-refractivity contribution >= 4 is 5.78 Å². The maximum atomic E-state index is 11.8. The molecule has 0 aliphatic rings. The van der Waals surface area contributed by atoms with Crippen LogP contribution in [0.5, 0.6) is 5.88 Å². The van der Waals surface area contributed by atoms with Crippen LogP contribution in [0.15, 0.2) is 6.07 Å². The molecule has 4 nitrogen and oxygen atoms in total. The van der Waals surface area contributed by atoms with E-state index in [1.807, 2.05) is 20.8 Å². The molecule has 0 amide bonds. The van der Waals surface area contributed by atoms with Crippen molar-refractivity contribution in [3.05, 3.63) is 17.6 Å². The Kier molecular flexibility index (Phi) is 3.62. The van der Waals surface area contributed by atoms with E-state index in [0.29, 0.717) is 23.8 Å². The van der Waals surface area contributed by atoms with Gasteiger partial charge in [0, 0.05) is 17.9 Å². The Bertz CT molecular complexity index is 394. The van der Waals surface area contributed by atoms with E-state index in [1.54, 1.807) is 20.1 Å². The average molecular weight is 222 g/mol. The van der Waals surface area contributed by atoms with E-state index in [0.717, 1.165) is 0 Å². The molecule has 0 atom stereocenters. The fourth-order valence-electron chi connectivity index (χ4n) is 1.22. The zero-order valence-corrected chi connectivity index (χ0v) is 10.5. The average Bonchev–Trinajstić information content (AvgIpc) is 2.15. The number of aromatic nitrogens is 2. The highest BCUT2D eigenvalue weighted by atomic mass is 16.5. The molecule has 1 aromatic rings. The second-order valence-corrected chi connectivity index (χ2v) is 4.80. The Morgan fingerprint density at radius 3 is 2.50 bits per heavy atom. The molecule has 1 rings (SSSR count). The molecule has 0 fully saturated rings. The normalized spacial score (nSPS) is 11.3. The number of nitrogens with zero attached hydrogens (tertiary/aromatic N) is 2. The van der Waals surface area contributed by atoms with E-state index in [1.165, 1.54) is 0 Å². The lowest BCUT2D eigenvalue weighted by Crippen LogP contribution is -2.22. The third kappa shape index (κ3) is 3.29. The Balaban J connectivity index is 2.89. The molecule has 0 aliphatic heterocycles. The van der Waals surface area contributed by atoms with Gasteiger partial charge in [-0.15, -0.1) is 0 Å². The van der Waals surface area contributed by atoms with Crippen molar-refractivity contribution in [3.63, 3.8) is 0 Å². The molecule has 0 saturated carbocycles. The summed E-state index contributed by atoms with van der Waals surface area (Å²) in [6, 6.07) is 1.70. The van der Waals surface area contributed by atoms with Crippen LogP contribution in [-0.4, -0.2) is 22.9 Å². The molecule has 0 N–H and O–H groups in total. The summed E-state index contributed by atoms with van der Waals surface area (Å²) in [5, 5.41) is 0. The number of hydrogen-bond donors (Lipinski definition) is 0. The topological polar surface area (TPSA) is 52.1 Å². The molecular weight excluding hydrogens is 204 g/mol. The van der Waals surface area contributed by atoms with E-state index in [-0.39, 0.29) is 11.2 Å². The van der Waals surface area contributed by atoms with Gasteiger partial charge in [-0.1, -0.05) is 20.8 Å². The first-order valence-electron chi connectivity index (χ1n) is 5.25. The number of Topliss-reactive ketones (excluding diaryl/α,β-unsaturated/α-hetero) is 1. The molecular formula is C12H18N2O2. The van der Waals surface area contributed by atoms with Crippen molar-refractivity contribution in [2.24, 2.45) is 5.41 Å². The Labute approximate surface area is 96.1 Å². The van der Waals surface area contributed by atoms with Gasteiger partial charge in [0.15, 0.2) is 0 Å². The molecule has 16 heavy (non-hydrogen) atoms. The molecule has 0 aromatic carbocycles. The van der Waals surface area contributed by atoms with Gasteiger partial charge >= 0.3 is 0 Å². The third-order valence-electron chi connectivity index (χ3n) is 2.25. The number of hydrogen-bond acceptors (Lipinski definition) is 4. The minimum absolute atomic E-state index is 0.160. The first kappa shape index (κ1) is 12.6. The molecule has 1 heterocycles. The summed E-state index contributed by atoms with van der Waals surface area (Å²) >= 11 is 0. The lowest BCUT2D eigenvalue weighted by molar-refractivity contribution is -0.125. The number of methoxy groups -OCH3 is 1. The van der Waals surface area contributed by atoms with Gasteiger partial charge in [0.2, 0.25) is 5.88 Å². The minimum Gasteiger partial charge on any atom is -0.481 e. The van der Waals surface area contributed by atoms with E-state index >= 15 is 0 Å². The number of carbonyl (C=O) groups excluding carboxylic acids is 1. The Morgan fingerprint density at radius 2 is 2.00 bits per heavy atom. The maximum Gasteiger partial charge on any atom is 0.216 e. The van der Waals surface area contributed by atoms with Crippen LogP contribution in [0, 0.1) is 12.3 Å². The molecule has 0 saturated heterocycles. The number of carbonyl (C=O) groups is 1. The second kappa shape index (κ2) is 4.60. The van der Waals surface area contributed by atoms with Gasteiger partial charge in [-0.05, 0) is 6.92 Å². The predicted molar refractivity (Wildman–Crippen MR) is 61.5 cm³/mol. The number of aryl methyl sites for hydroxylation is 1. The van der Waals surface area contributed by atoms with Gasteiger partial charge in [0.25, 0.3) is 0 Å². The quantitative estimate of drug-likeness (QED) is 0.784. The highest BCUT2D eigenvalue weighted by Crippen LogP contribution is 2.18. The lowest BCUT2D eigenvalue weighted by Gasteiger charge is -2.16. The predicted octanol–water partition coefficient (Wildman–Crippen LogP) is 1.95. The van der Waals surface area contributed by atoms with Crippen molar-refractivity contribution in [1.82, 2.24) is 9.97 Å². The molecule has 1 aromatic heterocycles. The number of rotatable bonds is 3. The molecule has 88 valence electrons. The summed E-state index contributed by atoms with van der Waals surface area (Å²) in [7, 11) is 1.55. The van der Waals surface area contributed by atoms with Crippen LogP contribution in [0.4, 0.5) is 0 Å². The van der Waals surface area contributed by atoms with Crippen molar-refractivity contribution in [2.45, 2.75) is 34.1 Å². The largest absolute Gasteiger partial charge is 0.481 e. The van der Waals surface area contributed by atoms with Crippen molar-refractivity contribution < 1.29 is 9.53 Å². The van der Waals surface area contributed by atoms with Crippen LogP contribution >= 0.6 is 0 Å². The lowest BCUT2D eigenvalue weighted by atomic mass is 9.88. The third-order valence-corrected chi connectivity index (χ3v) is 2.25. The van der Waals surface area contributed by atoms with Gasteiger partial charge in [0.05, 0.1) is 12.8 Å². The number of ether oxygens (including phenoxy) is 1. The van der Waals surface area contributed by atoms with Crippen LogP contribution < -0.4 is 4.74 Å². The molecule has 0 bridgehead atoms. The van der Waals surface area contributed by atoms with Crippen molar-refractivity contribution in [1.29, 1.82) is 0 Å². The molecule has 0 spiro atoms. The fraction of sp³-hybridized carbons (Fsp3) is 0.583. The SMILES string of the molecule is COc1cc(CC(=O)C(C)(C)C)nc(C)n1. The summed E-state index contributed by atoms with van der Waals surface area (Å²) in [6.45, 7) is 7.50. The summed E-state index contributed by atoms with van der Waals surface area (Å²) in [5.74, 6) is 1.29. The van der Waals surface area contributed by atoms with Crippen LogP contribution in [0.2, 0.25) is 0 Å². The molecule has 4 heteroatoms. The van der Waals surface area contributed by atoms with Gasteiger partial charge in [0.1, 0.15) is 11.6 Å². The van der Waals surface area contributed by atoms with E-state index in [2.05, 4.69) is 9.97 Å². The highest BCUT2D eigenvalue weighted by Gasteiger charge is 2.22. The standard InChI is InChI=1S/C12H18N2O2/c1-8-13-9(7-11(14-8)16-5)6-10(15)12(2,3)4/h7H,6H2,1-5H3. The Morgan fingerprint density at radius 1 is 1.38 bits per heavy atom. The molecule has 0 aliphatic carbocycles. The zero-order chi connectivity index (χ0) is 12.3. The van der Waals surface area contributed by atoms with Gasteiger partial charge in [-0.2, -0.15) is 4.98 Å². The fourth-order valence-corrected chi connectivity index (χ4v) is 1.22. The van der Waals surface area contributed by atoms with Crippen LogP contribution in [0.3, 0.4) is 0 Å². The van der Waals surface area contributed by atoms with Gasteiger partial charge in [-0.3, -0.25) is 4.79 Å². The summed E-state index contributed by atoms with van der Waals surface area (Å²) in [6.07, 6.45) is 0.323. The van der Waals surface area contributed by atoms with E-state index in [9.17, 15) is 4.79 Å². The Hall–Kier alpha value is -1.45. The summed E-state index contributed by atoms with van der Waals surface area (Å²) < 4.78 is 5.04. The summed E-state index contributed by atoms with van der Waals surface area (Å²) in [4.78, 5) is 20.1. The first-order valence-corrected chi connectivity index (χ1v) is 5.25. The number of ketones is 1. The molecule has 0 radical (unpaired) electrons. The van der Waals surface area contributed by atoms with Crippen LogP contribution in [0.25, 0.3) is 0 Å². The maximum absolute atomic E-state index is 11.8. The van der Waals surface area contributed by atoms with Crippen LogP contribution in [-0.2, 0) is 11.2 Å².